The first-order valence-electron chi connectivity index (χ1n) is 12.6. The van der Waals surface area contributed by atoms with Crippen LogP contribution in [0, 0.1) is 41.8 Å². The molecule has 2 aliphatic heterocycles. The van der Waals surface area contributed by atoms with E-state index in [0.29, 0.717) is 18.5 Å². The molecule has 1 aromatic carbocycles. The second-order valence-corrected chi connectivity index (χ2v) is 11.0. The quantitative estimate of drug-likeness (QED) is 0.527. The molecule has 0 spiro atoms. The van der Waals surface area contributed by atoms with Gasteiger partial charge in [-0.2, -0.15) is 5.26 Å². The molecule has 0 bridgehead atoms. The fraction of sp³-hybridized carbons (Fsp3) is 0.538. The van der Waals surface area contributed by atoms with Crippen molar-refractivity contribution in [3.63, 3.8) is 0 Å². The molecule has 3 aliphatic rings. The number of rotatable bonds is 5. The number of aryl methyl sites for hydroxylation is 1. The van der Waals surface area contributed by atoms with Crippen LogP contribution in [0.15, 0.2) is 12.1 Å². The minimum Gasteiger partial charge on any atom is -0.356 e. The molecule has 3 amide bonds. The van der Waals surface area contributed by atoms with Gasteiger partial charge >= 0.3 is 0 Å². The molecular weight excluding hydrogens is 523 g/mol. The number of halogens is 4. The van der Waals surface area contributed by atoms with Crippen molar-refractivity contribution in [3.05, 3.63) is 34.2 Å². The smallest absolute Gasteiger partial charge is 0.271 e. The summed E-state index contributed by atoms with van der Waals surface area (Å²) in [6.07, 6.45) is 0.387. The fourth-order valence-corrected chi connectivity index (χ4v) is 6.41. The van der Waals surface area contributed by atoms with Crippen LogP contribution in [-0.2, 0) is 9.59 Å². The number of carbonyl (C=O) groups is 3. The van der Waals surface area contributed by atoms with Crippen molar-refractivity contribution >= 4 is 40.2 Å². The van der Waals surface area contributed by atoms with Gasteiger partial charge in [0, 0.05) is 37.2 Å². The van der Waals surface area contributed by atoms with E-state index in [2.05, 4.69) is 15.6 Å². The van der Waals surface area contributed by atoms with Gasteiger partial charge in [-0.3, -0.25) is 14.4 Å². The van der Waals surface area contributed by atoms with E-state index in [9.17, 15) is 32.8 Å². The maximum atomic E-state index is 14.6. The first-order chi connectivity index (χ1) is 18.0. The molecule has 38 heavy (non-hydrogen) atoms. The van der Waals surface area contributed by atoms with Gasteiger partial charge < -0.3 is 20.5 Å². The lowest BCUT2D eigenvalue weighted by molar-refractivity contribution is -0.129. The molecule has 2 saturated heterocycles. The van der Waals surface area contributed by atoms with Crippen LogP contribution >= 0.6 is 11.6 Å². The second kappa shape index (κ2) is 9.80. The minimum absolute atomic E-state index is 0.0216. The second-order valence-electron chi connectivity index (χ2n) is 10.6. The normalized spacial score (nSPS) is 27.1. The van der Waals surface area contributed by atoms with Crippen molar-refractivity contribution in [2.75, 3.05) is 13.1 Å². The van der Waals surface area contributed by atoms with Crippen LogP contribution in [0.1, 0.15) is 48.2 Å². The van der Waals surface area contributed by atoms with Crippen LogP contribution < -0.4 is 10.6 Å². The highest BCUT2D eigenvalue weighted by Gasteiger charge is 2.58. The Morgan fingerprint density at radius 1 is 1.34 bits per heavy atom. The van der Waals surface area contributed by atoms with Crippen molar-refractivity contribution in [3.8, 4) is 6.07 Å². The number of piperidine rings is 1. The highest BCUT2D eigenvalue weighted by Crippen LogP contribution is 2.50. The average Bonchev–Trinajstić information content (AvgIpc) is 3.53. The maximum absolute atomic E-state index is 14.6. The Hall–Kier alpha value is -3.26. The van der Waals surface area contributed by atoms with Gasteiger partial charge in [-0.05, 0) is 55.7 Å². The van der Waals surface area contributed by atoms with E-state index in [-0.39, 0.29) is 40.5 Å². The standard InChI is InChI=1S/C26H27ClF3N5O3/c1-12-5-18(28)16-7-19(34-21(16)20(12)27)25(38)35-11-14-8-26(29,30)9-17(14)22(35)24(37)33-15(10-31)6-13-3-2-4-32-23(13)36/h5,7,13-15,17,22,34H,2-4,6,8-9,11H2,1H3,(H,32,36)(H,33,37)/t13-,14+,15+,17+,22+/m1/s1. The highest BCUT2D eigenvalue weighted by atomic mass is 35.5. The summed E-state index contributed by atoms with van der Waals surface area (Å²) in [7, 11) is 0. The van der Waals surface area contributed by atoms with Gasteiger partial charge in [0.15, 0.2) is 0 Å². The Bertz CT molecular complexity index is 1360. The number of benzene rings is 1. The summed E-state index contributed by atoms with van der Waals surface area (Å²) in [6.45, 7) is 2.10. The van der Waals surface area contributed by atoms with Crippen LogP contribution in [0.3, 0.4) is 0 Å². The van der Waals surface area contributed by atoms with Gasteiger partial charge in [0.05, 0.1) is 16.6 Å². The van der Waals surface area contributed by atoms with Crippen molar-refractivity contribution in [2.24, 2.45) is 17.8 Å². The molecule has 202 valence electrons. The number of aromatic amines is 1. The van der Waals surface area contributed by atoms with Crippen molar-refractivity contribution in [2.45, 2.75) is 57.0 Å². The van der Waals surface area contributed by atoms with Crippen LogP contribution in [-0.4, -0.2) is 58.7 Å². The van der Waals surface area contributed by atoms with E-state index in [1.165, 1.54) is 17.0 Å². The molecule has 0 radical (unpaired) electrons. The number of fused-ring (bicyclic) bond motifs is 2. The summed E-state index contributed by atoms with van der Waals surface area (Å²) in [4.78, 5) is 43.3. The third-order valence-corrected chi connectivity index (χ3v) is 8.50. The number of nitriles is 1. The summed E-state index contributed by atoms with van der Waals surface area (Å²) in [5.41, 5.74) is 0.684. The van der Waals surface area contributed by atoms with Crippen LogP contribution in [0.2, 0.25) is 5.02 Å². The lowest BCUT2D eigenvalue weighted by atomic mass is 9.90. The molecule has 5 rings (SSSR count). The van der Waals surface area contributed by atoms with Gasteiger partial charge in [0.1, 0.15) is 23.6 Å². The molecule has 5 atom stereocenters. The number of alkyl halides is 2. The van der Waals surface area contributed by atoms with Crippen LogP contribution in [0.5, 0.6) is 0 Å². The summed E-state index contributed by atoms with van der Waals surface area (Å²) >= 11 is 6.30. The number of carbonyl (C=O) groups excluding carboxylic acids is 3. The number of nitrogens with zero attached hydrogens (tertiary/aromatic N) is 2. The number of hydrogen-bond acceptors (Lipinski definition) is 4. The highest BCUT2D eigenvalue weighted by molar-refractivity contribution is 6.36. The third-order valence-electron chi connectivity index (χ3n) is 8.01. The Morgan fingerprint density at radius 2 is 2.11 bits per heavy atom. The summed E-state index contributed by atoms with van der Waals surface area (Å²) in [5, 5.41) is 15.3. The number of hydrogen-bond donors (Lipinski definition) is 3. The molecule has 8 nitrogen and oxygen atoms in total. The van der Waals surface area contributed by atoms with Crippen LogP contribution in [0.25, 0.3) is 10.9 Å². The van der Waals surface area contributed by atoms with E-state index in [4.69, 9.17) is 11.6 Å². The Kier molecular flexibility index (Phi) is 6.80. The van der Waals surface area contributed by atoms with E-state index in [0.717, 1.165) is 6.42 Å². The fourth-order valence-electron chi connectivity index (χ4n) is 6.20. The number of aromatic nitrogens is 1. The van der Waals surface area contributed by atoms with Gasteiger partial charge in [-0.15, -0.1) is 0 Å². The van der Waals surface area contributed by atoms with E-state index < -0.39 is 66.2 Å². The summed E-state index contributed by atoms with van der Waals surface area (Å²) < 4.78 is 43.2. The van der Waals surface area contributed by atoms with E-state index >= 15 is 0 Å². The topological polar surface area (TPSA) is 118 Å². The predicted octanol–water partition coefficient (Wildman–Crippen LogP) is 3.68. The molecule has 0 unspecified atom stereocenters. The maximum Gasteiger partial charge on any atom is 0.271 e. The molecule has 1 aliphatic carbocycles. The number of amides is 3. The summed E-state index contributed by atoms with van der Waals surface area (Å²) in [5.74, 6) is -6.97. The Morgan fingerprint density at radius 3 is 2.82 bits per heavy atom. The van der Waals surface area contributed by atoms with Gasteiger partial charge in [0.25, 0.3) is 5.91 Å². The van der Waals surface area contributed by atoms with Gasteiger partial charge in [0.2, 0.25) is 17.7 Å². The first kappa shape index (κ1) is 26.4. The van der Waals surface area contributed by atoms with Gasteiger partial charge in [-0.1, -0.05) is 11.6 Å². The van der Waals surface area contributed by atoms with Gasteiger partial charge in [-0.25, -0.2) is 13.2 Å². The number of H-pyrrole nitrogens is 1. The zero-order valence-electron chi connectivity index (χ0n) is 20.6. The van der Waals surface area contributed by atoms with Crippen molar-refractivity contribution in [1.29, 1.82) is 5.26 Å². The van der Waals surface area contributed by atoms with E-state index in [1.807, 2.05) is 6.07 Å². The van der Waals surface area contributed by atoms with E-state index in [1.54, 1.807) is 6.92 Å². The third kappa shape index (κ3) is 4.70. The molecule has 12 heteroatoms. The lowest BCUT2D eigenvalue weighted by Gasteiger charge is -2.29. The predicted molar refractivity (Wildman–Crippen MR) is 132 cm³/mol. The number of likely N-dealkylation sites (tertiary alicyclic amines) is 1. The molecule has 1 saturated carbocycles. The Balaban J connectivity index is 1.41. The van der Waals surface area contributed by atoms with Crippen molar-refractivity contribution in [1.82, 2.24) is 20.5 Å². The molecule has 3 fully saturated rings. The SMILES string of the molecule is Cc1cc(F)c2cc(C(=O)N3C[C@@H]4CC(F)(F)C[C@@H]4[C@H]3C(=O)N[C@H](C#N)C[C@H]3CCCNC3=O)[nH]c2c1Cl. The monoisotopic (exact) mass is 549 g/mol. The molecule has 3 heterocycles. The van der Waals surface area contributed by atoms with Crippen molar-refractivity contribution < 1.29 is 27.6 Å². The molecular formula is C26H27ClF3N5O3. The molecule has 2 aromatic rings. The molecule has 3 N–H and O–H groups in total. The lowest BCUT2D eigenvalue weighted by Crippen LogP contribution is -2.52. The Labute approximate surface area is 221 Å². The minimum atomic E-state index is -2.97. The molecule has 1 aromatic heterocycles. The zero-order chi connectivity index (χ0) is 27.4. The average molecular weight is 550 g/mol. The number of nitrogens with one attached hydrogen (secondary N) is 3. The first-order valence-corrected chi connectivity index (χ1v) is 13.0. The largest absolute Gasteiger partial charge is 0.356 e. The zero-order valence-corrected chi connectivity index (χ0v) is 21.4. The van der Waals surface area contributed by atoms with Crippen LogP contribution in [0.4, 0.5) is 13.2 Å². The summed E-state index contributed by atoms with van der Waals surface area (Å²) in [6, 6.07) is 2.26.